The van der Waals surface area contributed by atoms with Crippen LogP contribution in [-0.2, 0) is 16.1 Å². The summed E-state index contributed by atoms with van der Waals surface area (Å²) in [6, 6.07) is 11.0. The van der Waals surface area contributed by atoms with Crippen molar-refractivity contribution in [3.05, 3.63) is 79.6 Å². The van der Waals surface area contributed by atoms with Gasteiger partial charge in [0, 0.05) is 18.1 Å². The Morgan fingerprint density at radius 3 is 2.36 bits per heavy atom. The molecule has 0 unspecified atom stereocenters. The van der Waals surface area contributed by atoms with E-state index in [2.05, 4.69) is 20.5 Å². The van der Waals surface area contributed by atoms with Gasteiger partial charge < -0.3 is 4.74 Å². The first-order valence-corrected chi connectivity index (χ1v) is 10.4. The van der Waals surface area contributed by atoms with E-state index in [1.807, 2.05) is 52.0 Å². The van der Waals surface area contributed by atoms with E-state index in [1.165, 1.54) is 6.92 Å². The summed E-state index contributed by atoms with van der Waals surface area (Å²) < 4.78 is 5.21. The Labute approximate surface area is 192 Å². The number of aromatic amines is 1. The third-order valence-electron chi connectivity index (χ3n) is 5.70. The molecule has 0 saturated heterocycles. The zero-order valence-electron chi connectivity index (χ0n) is 19.2. The molecule has 2 aromatic carbocycles. The SMILES string of the molecule is CC(=O)OCc1c(C)c(C)c(C=NNc2nc(-c3ccccc3)c(C#N)c(=O)[nH]2)c(C)c1C. The smallest absolute Gasteiger partial charge is 0.302 e. The maximum Gasteiger partial charge on any atom is 0.302 e. The molecular formula is C25H25N5O3. The number of carbonyl (C=O) groups excluding carboxylic acids is 1. The summed E-state index contributed by atoms with van der Waals surface area (Å²) in [5, 5.41) is 13.7. The van der Waals surface area contributed by atoms with Gasteiger partial charge in [-0.2, -0.15) is 10.4 Å². The van der Waals surface area contributed by atoms with Crippen LogP contribution in [0.5, 0.6) is 0 Å². The van der Waals surface area contributed by atoms with Gasteiger partial charge in [-0.1, -0.05) is 30.3 Å². The standard InChI is InChI=1S/C25H25N5O3/c1-14-16(3)22(13-33-18(5)31)17(4)15(2)21(14)12-27-30-25-28-23(19-9-7-6-8-10-19)20(11-26)24(32)29-25/h6-10,12H,13H2,1-5H3,(H2,28,29,30,32). The van der Waals surface area contributed by atoms with Crippen molar-refractivity contribution < 1.29 is 9.53 Å². The molecule has 0 aliphatic carbocycles. The molecule has 0 spiro atoms. The van der Waals surface area contributed by atoms with Crippen molar-refractivity contribution in [3.63, 3.8) is 0 Å². The highest BCUT2D eigenvalue weighted by Gasteiger charge is 2.15. The van der Waals surface area contributed by atoms with Gasteiger partial charge in [-0.25, -0.2) is 10.4 Å². The number of H-pyrrole nitrogens is 1. The van der Waals surface area contributed by atoms with E-state index in [0.717, 1.165) is 33.4 Å². The van der Waals surface area contributed by atoms with Gasteiger partial charge in [0.1, 0.15) is 18.2 Å². The van der Waals surface area contributed by atoms with Gasteiger partial charge in [0.15, 0.2) is 0 Å². The van der Waals surface area contributed by atoms with Crippen LogP contribution in [0.25, 0.3) is 11.3 Å². The minimum atomic E-state index is -0.544. The molecule has 33 heavy (non-hydrogen) atoms. The number of hydrogen-bond donors (Lipinski definition) is 2. The number of hydrazone groups is 1. The number of nitrogens with zero attached hydrogens (tertiary/aromatic N) is 3. The van der Waals surface area contributed by atoms with Crippen LogP contribution in [0.15, 0.2) is 40.2 Å². The van der Waals surface area contributed by atoms with Gasteiger partial charge in [0.05, 0.1) is 11.9 Å². The highest BCUT2D eigenvalue weighted by atomic mass is 16.5. The Kier molecular flexibility index (Phi) is 7.04. The summed E-state index contributed by atoms with van der Waals surface area (Å²) in [6.45, 7) is 9.55. The number of nitrogens with one attached hydrogen (secondary N) is 2. The number of aromatic nitrogens is 2. The van der Waals surface area contributed by atoms with E-state index in [-0.39, 0.29) is 29.8 Å². The molecule has 0 bridgehead atoms. The largest absolute Gasteiger partial charge is 0.461 e. The lowest BCUT2D eigenvalue weighted by Gasteiger charge is -2.18. The summed E-state index contributed by atoms with van der Waals surface area (Å²) >= 11 is 0. The van der Waals surface area contributed by atoms with Gasteiger partial charge in [0.25, 0.3) is 5.56 Å². The Morgan fingerprint density at radius 1 is 1.15 bits per heavy atom. The molecule has 8 nitrogen and oxygen atoms in total. The van der Waals surface area contributed by atoms with E-state index in [1.54, 1.807) is 18.3 Å². The molecule has 0 aliphatic rings. The van der Waals surface area contributed by atoms with Crippen molar-refractivity contribution >= 4 is 18.1 Å². The lowest BCUT2D eigenvalue weighted by Crippen LogP contribution is -2.16. The van der Waals surface area contributed by atoms with Crippen LogP contribution >= 0.6 is 0 Å². The van der Waals surface area contributed by atoms with Gasteiger partial charge in [-0.3, -0.25) is 14.6 Å². The van der Waals surface area contributed by atoms with E-state index < -0.39 is 5.56 Å². The molecule has 0 atom stereocenters. The first-order chi connectivity index (χ1) is 15.7. The molecule has 3 rings (SSSR count). The van der Waals surface area contributed by atoms with Crippen LogP contribution in [0.2, 0.25) is 0 Å². The molecular weight excluding hydrogens is 418 g/mol. The second kappa shape index (κ2) is 9.92. The minimum absolute atomic E-state index is 0.0583. The molecule has 0 fully saturated rings. The van der Waals surface area contributed by atoms with Crippen LogP contribution in [-0.4, -0.2) is 22.2 Å². The second-order valence-electron chi connectivity index (χ2n) is 7.66. The zero-order valence-corrected chi connectivity index (χ0v) is 19.2. The topological polar surface area (TPSA) is 120 Å². The number of nitriles is 1. The maximum atomic E-state index is 12.4. The number of ether oxygens (including phenoxy) is 1. The molecule has 8 heteroatoms. The fourth-order valence-corrected chi connectivity index (χ4v) is 3.60. The van der Waals surface area contributed by atoms with Gasteiger partial charge in [-0.15, -0.1) is 0 Å². The highest BCUT2D eigenvalue weighted by Crippen LogP contribution is 2.26. The van der Waals surface area contributed by atoms with E-state index >= 15 is 0 Å². The minimum Gasteiger partial charge on any atom is -0.461 e. The van der Waals surface area contributed by atoms with Crippen LogP contribution in [0.4, 0.5) is 5.95 Å². The Morgan fingerprint density at radius 2 is 1.79 bits per heavy atom. The van der Waals surface area contributed by atoms with Gasteiger partial charge in [0.2, 0.25) is 5.95 Å². The van der Waals surface area contributed by atoms with Crippen LogP contribution in [0, 0.1) is 39.0 Å². The van der Waals surface area contributed by atoms with Crippen molar-refractivity contribution in [1.29, 1.82) is 5.26 Å². The number of rotatable bonds is 6. The summed E-state index contributed by atoms with van der Waals surface area (Å²) in [6.07, 6.45) is 1.67. The predicted octanol–water partition coefficient (Wildman–Crippen LogP) is 4.05. The van der Waals surface area contributed by atoms with Gasteiger partial charge in [-0.05, 0) is 55.5 Å². The predicted molar refractivity (Wildman–Crippen MR) is 127 cm³/mol. The molecule has 1 aromatic heterocycles. The molecule has 0 aliphatic heterocycles. The number of anilines is 1. The Hall–Kier alpha value is -4.25. The molecule has 3 aromatic rings. The maximum absolute atomic E-state index is 12.4. The lowest BCUT2D eigenvalue weighted by atomic mass is 9.89. The third-order valence-corrected chi connectivity index (χ3v) is 5.70. The summed E-state index contributed by atoms with van der Waals surface area (Å²) in [5.74, 6) is -0.193. The molecule has 2 N–H and O–H groups in total. The zero-order chi connectivity index (χ0) is 24.1. The normalized spacial score (nSPS) is 10.8. The van der Waals surface area contributed by atoms with Crippen LogP contribution < -0.4 is 11.0 Å². The molecule has 0 amide bonds. The number of carbonyl (C=O) groups is 1. The lowest BCUT2D eigenvalue weighted by molar-refractivity contribution is -0.142. The Balaban J connectivity index is 1.93. The van der Waals surface area contributed by atoms with Crippen molar-refractivity contribution in [2.75, 3.05) is 5.43 Å². The summed E-state index contributed by atoms with van der Waals surface area (Å²) in [5.41, 5.74) is 9.09. The number of esters is 1. The first-order valence-electron chi connectivity index (χ1n) is 10.4. The average Bonchev–Trinajstić information content (AvgIpc) is 2.80. The van der Waals surface area contributed by atoms with Gasteiger partial charge >= 0.3 is 5.97 Å². The number of benzene rings is 2. The fourth-order valence-electron chi connectivity index (χ4n) is 3.60. The summed E-state index contributed by atoms with van der Waals surface area (Å²) in [4.78, 5) is 30.6. The van der Waals surface area contributed by atoms with Crippen molar-refractivity contribution in [2.45, 2.75) is 41.2 Å². The second-order valence-corrected chi connectivity index (χ2v) is 7.66. The van der Waals surface area contributed by atoms with Crippen molar-refractivity contribution in [3.8, 4) is 17.3 Å². The number of hydrogen-bond acceptors (Lipinski definition) is 7. The van der Waals surface area contributed by atoms with Crippen LogP contribution in [0.3, 0.4) is 0 Å². The van der Waals surface area contributed by atoms with Crippen molar-refractivity contribution in [1.82, 2.24) is 9.97 Å². The molecule has 0 radical (unpaired) electrons. The molecule has 168 valence electrons. The van der Waals surface area contributed by atoms with Crippen LogP contribution in [0.1, 0.15) is 45.9 Å². The summed E-state index contributed by atoms with van der Waals surface area (Å²) in [7, 11) is 0. The average molecular weight is 444 g/mol. The Bertz CT molecular complexity index is 1310. The van der Waals surface area contributed by atoms with E-state index in [0.29, 0.717) is 5.56 Å². The van der Waals surface area contributed by atoms with E-state index in [9.17, 15) is 14.9 Å². The third kappa shape index (κ3) is 4.99. The first kappa shape index (κ1) is 23.4. The monoisotopic (exact) mass is 443 g/mol. The quantitative estimate of drug-likeness (QED) is 0.337. The van der Waals surface area contributed by atoms with Crippen molar-refractivity contribution in [2.24, 2.45) is 5.10 Å². The molecule has 1 heterocycles. The molecule has 0 saturated carbocycles. The highest BCUT2D eigenvalue weighted by molar-refractivity contribution is 5.86. The fraction of sp³-hybridized carbons (Fsp3) is 0.240. The van der Waals surface area contributed by atoms with E-state index in [4.69, 9.17) is 4.74 Å².